The predicted molar refractivity (Wildman–Crippen MR) is 122 cm³/mol. The van der Waals surface area contributed by atoms with E-state index in [1.165, 1.54) is 0 Å². The average Bonchev–Trinajstić information content (AvgIpc) is 2.80. The van der Waals surface area contributed by atoms with Gasteiger partial charge in [-0.25, -0.2) is 0 Å². The van der Waals surface area contributed by atoms with Gasteiger partial charge in [0.15, 0.2) is 0 Å². The van der Waals surface area contributed by atoms with Gasteiger partial charge in [-0.15, -0.1) is 0 Å². The number of carbonyl (C=O) groups excluding carboxylic acids is 3. The summed E-state index contributed by atoms with van der Waals surface area (Å²) < 4.78 is 5.09. The van der Waals surface area contributed by atoms with E-state index < -0.39 is 6.04 Å². The van der Waals surface area contributed by atoms with Crippen molar-refractivity contribution in [1.29, 1.82) is 0 Å². The van der Waals surface area contributed by atoms with Gasteiger partial charge in [-0.1, -0.05) is 38.1 Å². The molecule has 0 bridgehead atoms. The smallest absolute Gasteiger partial charge is 0.251 e. The first-order valence-corrected chi connectivity index (χ1v) is 10.9. The Kier molecular flexibility index (Phi) is 7.87. The molecule has 0 aliphatic carbocycles. The van der Waals surface area contributed by atoms with Crippen LogP contribution in [0.3, 0.4) is 0 Å². The van der Waals surface area contributed by atoms with E-state index in [1.54, 1.807) is 36.3 Å². The van der Waals surface area contributed by atoms with Crippen molar-refractivity contribution < 1.29 is 19.1 Å². The SMILES string of the molecule is COc1ccc(C(=O)NCCNC(=O)C2Cc3ccccc3CN2C(=O)CC(C)C)cc1. The van der Waals surface area contributed by atoms with Crippen LogP contribution in [0.5, 0.6) is 5.75 Å². The molecule has 0 aromatic heterocycles. The van der Waals surface area contributed by atoms with Crippen molar-refractivity contribution >= 4 is 17.7 Å². The van der Waals surface area contributed by atoms with Gasteiger partial charge in [0.05, 0.1) is 7.11 Å². The predicted octanol–water partition coefficient (Wildman–Crippen LogP) is 2.54. The van der Waals surface area contributed by atoms with Crippen molar-refractivity contribution in [2.75, 3.05) is 20.2 Å². The summed E-state index contributed by atoms with van der Waals surface area (Å²) in [5.41, 5.74) is 2.70. The number of methoxy groups -OCH3 is 1. The number of hydrogen-bond acceptors (Lipinski definition) is 4. The largest absolute Gasteiger partial charge is 0.497 e. The van der Waals surface area contributed by atoms with E-state index in [2.05, 4.69) is 10.6 Å². The van der Waals surface area contributed by atoms with Gasteiger partial charge in [0, 0.05) is 38.0 Å². The summed E-state index contributed by atoms with van der Waals surface area (Å²) in [6.45, 7) is 5.01. The minimum absolute atomic E-state index is 0.0116. The Balaban J connectivity index is 1.56. The molecule has 170 valence electrons. The zero-order chi connectivity index (χ0) is 23.1. The minimum atomic E-state index is -0.548. The molecule has 1 heterocycles. The average molecular weight is 438 g/mol. The van der Waals surface area contributed by atoms with Gasteiger partial charge >= 0.3 is 0 Å². The summed E-state index contributed by atoms with van der Waals surface area (Å²) in [6, 6.07) is 14.2. The Morgan fingerprint density at radius 1 is 1.00 bits per heavy atom. The first-order valence-electron chi connectivity index (χ1n) is 10.9. The summed E-state index contributed by atoms with van der Waals surface area (Å²) in [7, 11) is 1.57. The molecule has 2 aromatic rings. The highest BCUT2D eigenvalue weighted by atomic mass is 16.5. The van der Waals surface area contributed by atoms with Crippen molar-refractivity contribution in [3.8, 4) is 5.75 Å². The van der Waals surface area contributed by atoms with Crippen LogP contribution in [0.25, 0.3) is 0 Å². The molecule has 0 spiro atoms. The van der Waals surface area contributed by atoms with Crippen LogP contribution in [0.2, 0.25) is 0 Å². The lowest BCUT2D eigenvalue weighted by atomic mass is 9.92. The molecule has 0 saturated heterocycles. The van der Waals surface area contributed by atoms with Crippen molar-refractivity contribution in [1.82, 2.24) is 15.5 Å². The third kappa shape index (κ3) is 5.87. The van der Waals surface area contributed by atoms with Crippen LogP contribution in [-0.4, -0.2) is 48.9 Å². The second-order valence-electron chi connectivity index (χ2n) is 8.38. The highest BCUT2D eigenvalue weighted by Crippen LogP contribution is 2.25. The molecule has 2 aromatic carbocycles. The van der Waals surface area contributed by atoms with Gasteiger partial charge in [0.1, 0.15) is 11.8 Å². The number of ether oxygens (including phenoxy) is 1. The fourth-order valence-electron chi connectivity index (χ4n) is 3.81. The van der Waals surface area contributed by atoms with Gasteiger partial charge < -0.3 is 20.3 Å². The van der Waals surface area contributed by atoms with Crippen LogP contribution < -0.4 is 15.4 Å². The molecule has 2 N–H and O–H groups in total. The Hall–Kier alpha value is -3.35. The van der Waals surface area contributed by atoms with E-state index in [0.717, 1.165) is 11.1 Å². The van der Waals surface area contributed by atoms with Gasteiger partial charge in [-0.05, 0) is 41.3 Å². The molecule has 1 unspecified atom stereocenters. The Morgan fingerprint density at radius 3 is 2.31 bits per heavy atom. The second-order valence-corrected chi connectivity index (χ2v) is 8.38. The van der Waals surface area contributed by atoms with Gasteiger partial charge in [-0.2, -0.15) is 0 Å². The third-order valence-electron chi connectivity index (χ3n) is 5.52. The molecule has 1 aliphatic heterocycles. The van der Waals surface area contributed by atoms with Gasteiger partial charge in [0.2, 0.25) is 11.8 Å². The highest BCUT2D eigenvalue weighted by molar-refractivity contribution is 5.94. The lowest BCUT2D eigenvalue weighted by molar-refractivity contribution is -0.142. The monoisotopic (exact) mass is 437 g/mol. The number of nitrogens with one attached hydrogen (secondary N) is 2. The fraction of sp³-hybridized carbons (Fsp3) is 0.400. The van der Waals surface area contributed by atoms with E-state index in [-0.39, 0.29) is 30.2 Å². The summed E-state index contributed by atoms with van der Waals surface area (Å²) in [6.07, 6.45) is 0.897. The zero-order valence-electron chi connectivity index (χ0n) is 18.9. The third-order valence-corrected chi connectivity index (χ3v) is 5.52. The Labute approximate surface area is 189 Å². The number of hydrogen-bond donors (Lipinski definition) is 2. The molecule has 3 amide bonds. The van der Waals surface area contributed by atoms with Crippen molar-refractivity contribution in [2.24, 2.45) is 5.92 Å². The number of nitrogens with zero attached hydrogens (tertiary/aromatic N) is 1. The van der Waals surface area contributed by atoms with Crippen molar-refractivity contribution in [3.63, 3.8) is 0 Å². The van der Waals surface area contributed by atoms with E-state index in [9.17, 15) is 14.4 Å². The number of amides is 3. The quantitative estimate of drug-likeness (QED) is 0.622. The lowest BCUT2D eigenvalue weighted by Gasteiger charge is -2.36. The van der Waals surface area contributed by atoms with E-state index in [1.807, 2.05) is 38.1 Å². The van der Waals surface area contributed by atoms with Crippen molar-refractivity contribution in [2.45, 2.75) is 39.3 Å². The first-order chi connectivity index (χ1) is 15.4. The molecule has 7 nitrogen and oxygen atoms in total. The van der Waals surface area contributed by atoms with Gasteiger partial charge in [0.25, 0.3) is 5.91 Å². The summed E-state index contributed by atoms with van der Waals surface area (Å²) in [4.78, 5) is 39.7. The summed E-state index contributed by atoms with van der Waals surface area (Å²) >= 11 is 0. The molecule has 1 atom stereocenters. The number of fused-ring (bicyclic) bond motifs is 1. The second kappa shape index (κ2) is 10.8. The Bertz CT molecular complexity index is 956. The maximum absolute atomic E-state index is 13.0. The van der Waals surface area contributed by atoms with Gasteiger partial charge in [-0.3, -0.25) is 14.4 Å². The van der Waals surface area contributed by atoms with E-state index in [4.69, 9.17) is 4.74 Å². The number of rotatable bonds is 8. The normalized spacial score (nSPS) is 15.1. The number of carbonyl (C=O) groups is 3. The Morgan fingerprint density at radius 2 is 1.66 bits per heavy atom. The molecule has 32 heavy (non-hydrogen) atoms. The highest BCUT2D eigenvalue weighted by Gasteiger charge is 2.34. The zero-order valence-corrected chi connectivity index (χ0v) is 18.9. The standard InChI is InChI=1S/C25H31N3O4/c1-17(2)14-23(29)28-16-20-7-5-4-6-19(20)15-22(28)25(31)27-13-12-26-24(30)18-8-10-21(32-3)11-9-18/h4-11,17,22H,12-16H2,1-3H3,(H,26,30)(H,27,31). The maximum Gasteiger partial charge on any atom is 0.251 e. The molecule has 1 aliphatic rings. The molecule has 0 fully saturated rings. The van der Waals surface area contributed by atoms with Crippen molar-refractivity contribution in [3.05, 3.63) is 65.2 Å². The summed E-state index contributed by atoms with van der Waals surface area (Å²) in [5, 5.41) is 5.67. The molecule has 0 saturated carbocycles. The van der Waals surface area contributed by atoms with Crippen LogP contribution in [0, 0.1) is 5.92 Å². The van der Waals surface area contributed by atoms with Crippen LogP contribution in [0.1, 0.15) is 41.8 Å². The molecule has 0 radical (unpaired) electrons. The number of benzene rings is 2. The molecule has 3 rings (SSSR count). The summed E-state index contributed by atoms with van der Waals surface area (Å²) in [5.74, 6) is 0.469. The van der Waals surface area contributed by atoms with Crippen LogP contribution in [0.4, 0.5) is 0 Å². The van der Waals surface area contributed by atoms with E-state index in [0.29, 0.717) is 37.2 Å². The topological polar surface area (TPSA) is 87.7 Å². The molecular weight excluding hydrogens is 406 g/mol. The van der Waals surface area contributed by atoms with E-state index >= 15 is 0 Å². The van der Waals surface area contributed by atoms with Crippen LogP contribution in [0.15, 0.2) is 48.5 Å². The minimum Gasteiger partial charge on any atom is -0.497 e. The molecular formula is C25H31N3O4. The van der Waals surface area contributed by atoms with Crippen LogP contribution >= 0.6 is 0 Å². The molecule has 7 heteroatoms. The first kappa shape index (κ1) is 23.3. The maximum atomic E-state index is 13.0. The lowest BCUT2D eigenvalue weighted by Crippen LogP contribution is -2.53. The fourth-order valence-corrected chi connectivity index (χ4v) is 3.81. The van der Waals surface area contributed by atoms with Crippen LogP contribution in [-0.2, 0) is 22.6 Å².